The number of carbonyl (C=O) groups is 2. The van der Waals surface area contributed by atoms with Crippen molar-refractivity contribution in [3.63, 3.8) is 0 Å². The molecule has 0 aromatic heterocycles. The van der Waals surface area contributed by atoms with Crippen LogP contribution < -0.4 is 5.32 Å². The van der Waals surface area contributed by atoms with Crippen molar-refractivity contribution in [2.24, 2.45) is 0 Å². The average molecular weight is 550 g/mol. The molecule has 0 radical (unpaired) electrons. The molecule has 7 nitrogen and oxygen atoms in total. The first kappa shape index (κ1) is 26.5. The minimum absolute atomic E-state index is 0.0716. The topological polar surface area (TPSA) is 86.8 Å². The summed E-state index contributed by atoms with van der Waals surface area (Å²) in [5, 5.41) is 2.77. The second kappa shape index (κ2) is 11.7. The number of thioether (sulfide) groups is 1. The molecule has 1 atom stereocenters. The number of rotatable bonds is 8. The molecule has 0 spiro atoms. The third kappa shape index (κ3) is 5.95. The standard InChI is InChI=1S/C29H31N3O4S2/c33-27-21-37-29(32(27)20-17-22-7-3-1-4-8-22)24-11-9-23(10-12-24)28(34)30-25-13-15-26(16-14-25)38(35,36)31-18-5-2-6-19-31/h1,3-4,7-16,29H,2,5-6,17-21H2,(H,30,34)/t29-/m1/s1. The molecule has 2 amide bonds. The van der Waals surface area contributed by atoms with Gasteiger partial charge < -0.3 is 10.2 Å². The van der Waals surface area contributed by atoms with Gasteiger partial charge in [-0.2, -0.15) is 4.31 Å². The zero-order valence-electron chi connectivity index (χ0n) is 21.1. The van der Waals surface area contributed by atoms with Crippen molar-refractivity contribution in [2.45, 2.75) is 36.0 Å². The van der Waals surface area contributed by atoms with E-state index in [1.807, 2.05) is 35.2 Å². The highest BCUT2D eigenvalue weighted by Gasteiger charge is 2.32. The number of amides is 2. The number of hydrogen-bond donors (Lipinski definition) is 1. The Bertz CT molecular complexity index is 1370. The first-order chi connectivity index (χ1) is 18.4. The van der Waals surface area contributed by atoms with Crippen molar-refractivity contribution in [3.05, 3.63) is 95.6 Å². The fraction of sp³-hybridized carbons (Fsp3) is 0.310. The third-order valence-corrected chi connectivity index (χ3v) is 10.1. The number of nitrogens with one attached hydrogen (secondary N) is 1. The number of carbonyl (C=O) groups excluding carboxylic acids is 2. The molecule has 3 aromatic carbocycles. The fourth-order valence-electron chi connectivity index (χ4n) is 4.83. The highest BCUT2D eigenvalue weighted by Crippen LogP contribution is 2.38. The van der Waals surface area contributed by atoms with Gasteiger partial charge in [-0.25, -0.2) is 8.42 Å². The van der Waals surface area contributed by atoms with Crippen LogP contribution in [0.5, 0.6) is 0 Å². The maximum absolute atomic E-state index is 12.9. The van der Waals surface area contributed by atoms with Crippen LogP contribution in [0.15, 0.2) is 83.8 Å². The van der Waals surface area contributed by atoms with E-state index >= 15 is 0 Å². The molecule has 9 heteroatoms. The number of anilines is 1. The van der Waals surface area contributed by atoms with Crippen molar-refractivity contribution in [3.8, 4) is 0 Å². The molecule has 0 bridgehead atoms. The second-order valence-corrected chi connectivity index (χ2v) is 12.6. The van der Waals surface area contributed by atoms with E-state index < -0.39 is 10.0 Å². The lowest BCUT2D eigenvalue weighted by Crippen LogP contribution is -2.35. The van der Waals surface area contributed by atoms with Gasteiger partial charge in [0.1, 0.15) is 5.37 Å². The molecule has 2 aliphatic heterocycles. The van der Waals surface area contributed by atoms with Gasteiger partial charge in [0.25, 0.3) is 5.91 Å². The normalized spacial score (nSPS) is 18.5. The van der Waals surface area contributed by atoms with E-state index in [0.717, 1.165) is 31.2 Å². The molecule has 2 fully saturated rings. The molecule has 0 unspecified atom stereocenters. The molecule has 1 N–H and O–H groups in total. The summed E-state index contributed by atoms with van der Waals surface area (Å²) >= 11 is 1.60. The van der Waals surface area contributed by atoms with E-state index in [4.69, 9.17) is 0 Å². The Labute approximate surface area is 228 Å². The number of benzene rings is 3. The predicted octanol–water partition coefficient (Wildman–Crippen LogP) is 4.93. The smallest absolute Gasteiger partial charge is 0.255 e. The van der Waals surface area contributed by atoms with Gasteiger partial charge >= 0.3 is 0 Å². The highest BCUT2D eigenvalue weighted by molar-refractivity contribution is 8.00. The summed E-state index contributed by atoms with van der Waals surface area (Å²) in [5.41, 5.74) is 3.20. The van der Waals surface area contributed by atoms with Crippen molar-refractivity contribution < 1.29 is 18.0 Å². The summed E-state index contributed by atoms with van der Waals surface area (Å²) in [6.07, 6.45) is 3.62. The van der Waals surface area contributed by atoms with Crippen LogP contribution in [0, 0.1) is 0 Å². The van der Waals surface area contributed by atoms with Crippen LogP contribution in [0.2, 0.25) is 0 Å². The van der Waals surface area contributed by atoms with Crippen molar-refractivity contribution >= 4 is 39.3 Å². The molecule has 0 saturated carbocycles. The maximum atomic E-state index is 12.9. The summed E-state index contributed by atoms with van der Waals surface area (Å²) in [4.78, 5) is 27.5. The van der Waals surface area contributed by atoms with Gasteiger partial charge in [-0.15, -0.1) is 11.8 Å². The van der Waals surface area contributed by atoms with E-state index in [1.54, 1.807) is 48.2 Å². The number of hydrogen-bond acceptors (Lipinski definition) is 5. The molecule has 2 heterocycles. The Kier molecular flexibility index (Phi) is 8.16. The first-order valence-electron chi connectivity index (χ1n) is 12.9. The first-order valence-corrected chi connectivity index (χ1v) is 15.4. The zero-order chi connectivity index (χ0) is 26.5. The third-order valence-electron chi connectivity index (χ3n) is 6.98. The molecule has 198 valence electrons. The van der Waals surface area contributed by atoms with Gasteiger partial charge in [-0.1, -0.05) is 48.9 Å². The molecule has 2 saturated heterocycles. The molecule has 0 aliphatic carbocycles. The monoisotopic (exact) mass is 549 g/mol. The highest BCUT2D eigenvalue weighted by atomic mass is 32.2. The summed E-state index contributed by atoms with van der Waals surface area (Å²) in [7, 11) is -3.51. The van der Waals surface area contributed by atoms with Crippen LogP contribution in [-0.2, 0) is 21.2 Å². The van der Waals surface area contributed by atoms with Crippen molar-refractivity contribution in [1.29, 1.82) is 0 Å². The summed E-state index contributed by atoms with van der Waals surface area (Å²) in [6, 6.07) is 23.8. The molecule has 38 heavy (non-hydrogen) atoms. The molecular formula is C29H31N3O4S2. The van der Waals surface area contributed by atoms with E-state index in [9.17, 15) is 18.0 Å². The summed E-state index contributed by atoms with van der Waals surface area (Å²) < 4.78 is 27.2. The van der Waals surface area contributed by atoms with Crippen LogP contribution >= 0.6 is 11.8 Å². The lowest BCUT2D eigenvalue weighted by atomic mass is 10.1. The van der Waals surface area contributed by atoms with Gasteiger partial charge in [0, 0.05) is 30.9 Å². The predicted molar refractivity (Wildman–Crippen MR) is 151 cm³/mol. The number of piperidine rings is 1. The van der Waals surface area contributed by atoms with Crippen LogP contribution in [0.25, 0.3) is 0 Å². The van der Waals surface area contributed by atoms with Gasteiger partial charge in [0.2, 0.25) is 15.9 Å². The second-order valence-electron chi connectivity index (χ2n) is 9.55. The molecular weight excluding hydrogens is 518 g/mol. The molecule has 5 rings (SSSR count). The van der Waals surface area contributed by atoms with Gasteiger partial charge in [-0.05, 0) is 66.8 Å². The maximum Gasteiger partial charge on any atom is 0.255 e. The minimum atomic E-state index is -3.51. The molecule has 2 aliphatic rings. The van der Waals surface area contributed by atoms with Crippen molar-refractivity contribution in [1.82, 2.24) is 9.21 Å². The van der Waals surface area contributed by atoms with Crippen LogP contribution in [0.3, 0.4) is 0 Å². The Morgan fingerprint density at radius 1 is 0.895 bits per heavy atom. The quantitative estimate of drug-likeness (QED) is 0.431. The van der Waals surface area contributed by atoms with Gasteiger partial charge in [0.15, 0.2) is 0 Å². The number of nitrogens with zero attached hydrogens (tertiary/aromatic N) is 2. The van der Waals surface area contributed by atoms with E-state index in [0.29, 0.717) is 36.6 Å². The summed E-state index contributed by atoms with van der Waals surface area (Å²) in [5.74, 6) is 0.299. The SMILES string of the molecule is O=C(Nc1ccc(S(=O)(=O)N2CCCCC2)cc1)c1ccc([C@H]2SCC(=O)N2CCc2ccccc2)cc1. The lowest BCUT2D eigenvalue weighted by molar-refractivity contribution is -0.128. The number of sulfonamides is 1. The largest absolute Gasteiger partial charge is 0.326 e. The van der Waals surface area contributed by atoms with Crippen LogP contribution in [0.4, 0.5) is 5.69 Å². The van der Waals surface area contributed by atoms with Gasteiger partial charge in [-0.3, -0.25) is 9.59 Å². The minimum Gasteiger partial charge on any atom is -0.326 e. The Morgan fingerprint density at radius 3 is 2.26 bits per heavy atom. The summed E-state index contributed by atoms with van der Waals surface area (Å²) in [6.45, 7) is 1.75. The van der Waals surface area contributed by atoms with Crippen LogP contribution in [-0.4, -0.2) is 54.8 Å². The van der Waals surface area contributed by atoms with Gasteiger partial charge in [0.05, 0.1) is 10.6 Å². The van der Waals surface area contributed by atoms with E-state index in [-0.39, 0.29) is 22.1 Å². The molecule has 3 aromatic rings. The fourth-order valence-corrected chi connectivity index (χ4v) is 7.57. The average Bonchev–Trinajstić information content (AvgIpc) is 3.33. The Balaban J connectivity index is 1.21. The van der Waals surface area contributed by atoms with E-state index in [1.165, 1.54) is 9.87 Å². The van der Waals surface area contributed by atoms with E-state index in [2.05, 4.69) is 17.4 Å². The van der Waals surface area contributed by atoms with Crippen LogP contribution in [0.1, 0.15) is 46.1 Å². The van der Waals surface area contributed by atoms with Crippen molar-refractivity contribution in [2.75, 3.05) is 30.7 Å². The Morgan fingerprint density at radius 2 is 1.58 bits per heavy atom. The Hall–Kier alpha value is -3.14. The zero-order valence-corrected chi connectivity index (χ0v) is 22.7. The lowest BCUT2D eigenvalue weighted by Gasteiger charge is -2.25.